The number of hydrogen-bond acceptors (Lipinski definition) is 7. The Morgan fingerprint density at radius 2 is 1.67 bits per heavy atom. The van der Waals surface area contributed by atoms with Crippen LogP contribution in [-0.2, 0) is 19.6 Å². The fourth-order valence-electron chi connectivity index (χ4n) is 5.36. The standard InChI is InChI=1S/C29H38N4O4S2/c1-21-5-9-25(10-6-21)39(35,36)32-15-11-24(12-16-32)28(34)33(14-4-13-31-17-19-37-20-18-31)29-30-26-22(2)7-8-23(3)27(26)38-29/h5-10,24H,4,11-20H2,1-3H3. The highest BCUT2D eigenvalue weighted by atomic mass is 32.2. The summed E-state index contributed by atoms with van der Waals surface area (Å²) < 4.78 is 34.5. The van der Waals surface area contributed by atoms with E-state index in [1.807, 2.05) is 24.0 Å². The molecule has 3 heterocycles. The Labute approximate surface area is 235 Å². The fraction of sp³-hybridized carbons (Fsp3) is 0.517. The van der Waals surface area contributed by atoms with Gasteiger partial charge in [0.2, 0.25) is 15.9 Å². The Morgan fingerprint density at radius 1 is 1.00 bits per heavy atom. The molecule has 210 valence electrons. The predicted molar refractivity (Wildman–Crippen MR) is 156 cm³/mol. The van der Waals surface area contributed by atoms with Gasteiger partial charge in [0.25, 0.3) is 0 Å². The summed E-state index contributed by atoms with van der Waals surface area (Å²) >= 11 is 1.58. The van der Waals surface area contributed by atoms with Gasteiger partial charge in [0.1, 0.15) is 0 Å². The van der Waals surface area contributed by atoms with Crippen molar-refractivity contribution in [3.63, 3.8) is 0 Å². The van der Waals surface area contributed by atoms with Crippen molar-refractivity contribution in [2.24, 2.45) is 5.92 Å². The molecule has 2 aliphatic rings. The number of ether oxygens (including phenoxy) is 1. The molecule has 2 aromatic carbocycles. The van der Waals surface area contributed by atoms with Gasteiger partial charge in [-0.1, -0.05) is 41.2 Å². The lowest BCUT2D eigenvalue weighted by molar-refractivity contribution is -0.123. The van der Waals surface area contributed by atoms with Crippen LogP contribution in [-0.4, -0.2) is 81.0 Å². The summed E-state index contributed by atoms with van der Waals surface area (Å²) in [6.45, 7) is 11.6. The number of fused-ring (bicyclic) bond motifs is 1. The molecule has 5 rings (SSSR count). The van der Waals surface area contributed by atoms with Crippen LogP contribution in [0.15, 0.2) is 41.3 Å². The predicted octanol–water partition coefficient (Wildman–Crippen LogP) is 4.38. The number of rotatable bonds is 8. The molecule has 0 bridgehead atoms. The minimum Gasteiger partial charge on any atom is -0.379 e. The molecule has 2 aliphatic heterocycles. The van der Waals surface area contributed by atoms with Crippen LogP contribution < -0.4 is 4.90 Å². The molecule has 2 fully saturated rings. The van der Waals surface area contributed by atoms with Crippen LogP contribution in [0.1, 0.15) is 36.0 Å². The molecular formula is C29H38N4O4S2. The van der Waals surface area contributed by atoms with Gasteiger partial charge in [-0.2, -0.15) is 4.31 Å². The van der Waals surface area contributed by atoms with Gasteiger partial charge >= 0.3 is 0 Å². The van der Waals surface area contributed by atoms with Gasteiger partial charge < -0.3 is 4.74 Å². The van der Waals surface area contributed by atoms with Crippen molar-refractivity contribution in [1.82, 2.24) is 14.2 Å². The Kier molecular flexibility index (Phi) is 8.68. The van der Waals surface area contributed by atoms with E-state index in [0.29, 0.717) is 37.4 Å². The zero-order chi connectivity index (χ0) is 27.6. The number of sulfonamides is 1. The summed E-state index contributed by atoms with van der Waals surface area (Å²) in [4.78, 5) is 23.5. The van der Waals surface area contributed by atoms with E-state index in [9.17, 15) is 13.2 Å². The maximum absolute atomic E-state index is 14.0. The molecule has 0 radical (unpaired) electrons. The summed E-state index contributed by atoms with van der Waals surface area (Å²) in [6, 6.07) is 11.1. The number of piperidine rings is 1. The Morgan fingerprint density at radius 3 is 2.33 bits per heavy atom. The molecule has 1 aromatic heterocycles. The van der Waals surface area contributed by atoms with Crippen molar-refractivity contribution in [2.45, 2.75) is 44.9 Å². The van der Waals surface area contributed by atoms with Crippen LogP contribution in [0.4, 0.5) is 5.13 Å². The molecule has 10 heteroatoms. The van der Waals surface area contributed by atoms with E-state index in [1.165, 1.54) is 4.31 Å². The van der Waals surface area contributed by atoms with Gasteiger partial charge in [0.15, 0.2) is 5.13 Å². The molecule has 0 N–H and O–H groups in total. The largest absolute Gasteiger partial charge is 0.379 e. The minimum absolute atomic E-state index is 0.0544. The zero-order valence-corrected chi connectivity index (χ0v) is 24.7. The van der Waals surface area contributed by atoms with E-state index in [0.717, 1.165) is 71.3 Å². The summed E-state index contributed by atoms with van der Waals surface area (Å²) in [5.74, 6) is -0.175. The van der Waals surface area contributed by atoms with Gasteiger partial charge in [-0.3, -0.25) is 14.6 Å². The summed E-state index contributed by atoms with van der Waals surface area (Å²) in [5.41, 5.74) is 4.25. The third kappa shape index (κ3) is 6.20. The molecule has 39 heavy (non-hydrogen) atoms. The second kappa shape index (κ2) is 12.0. The molecule has 0 saturated carbocycles. The number of aryl methyl sites for hydroxylation is 3. The van der Waals surface area contributed by atoms with E-state index in [2.05, 4.69) is 30.9 Å². The number of hydrogen-bond donors (Lipinski definition) is 0. The number of benzene rings is 2. The number of carbonyl (C=O) groups is 1. The number of morpholine rings is 1. The number of anilines is 1. The quantitative estimate of drug-likeness (QED) is 0.400. The third-order valence-corrected chi connectivity index (χ3v) is 11.0. The van der Waals surface area contributed by atoms with Crippen molar-refractivity contribution in [3.8, 4) is 0 Å². The molecule has 3 aromatic rings. The van der Waals surface area contributed by atoms with Gasteiger partial charge in [0.05, 0.1) is 28.3 Å². The first kappa shape index (κ1) is 28.2. The molecule has 8 nitrogen and oxygen atoms in total. The second-order valence-corrected chi connectivity index (χ2v) is 13.6. The van der Waals surface area contributed by atoms with E-state index in [4.69, 9.17) is 9.72 Å². The average Bonchev–Trinajstić information content (AvgIpc) is 3.40. The van der Waals surface area contributed by atoms with Gasteiger partial charge in [-0.15, -0.1) is 0 Å². The first-order valence-electron chi connectivity index (χ1n) is 13.8. The molecule has 0 unspecified atom stereocenters. The summed E-state index contributed by atoms with van der Waals surface area (Å²) in [5, 5.41) is 0.740. The number of carbonyl (C=O) groups excluding carboxylic acids is 1. The molecule has 2 saturated heterocycles. The molecule has 0 atom stereocenters. The van der Waals surface area contributed by atoms with E-state index >= 15 is 0 Å². The highest BCUT2D eigenvalue weighted by Crippen LogP contribution is 2.35. The zero-order valence-electron chi connectivity index (χ0n) is 23.1. The first-order chi connectivity index (χ1) is 18.7. The van der Waals surface area contributed by atoms with Crippen molar-refractivity contribution >= 4 is 42.6 Å². The Hall–Kier alpha value is -2.37. The molecule has 0 spiro atoms. The molecule has 0 aliphatic carbocycles. The van der Waals surface area contributed by atoms with Crippen LogP contribution >= 0.6 is 11.3 Å². The number of aromatic nitrogens is 1. The van der Waals surface area contributed by atoms with E-state index < -0.39 is 10.0 Å². The Balaban J connectivity index is 1.32. The van der Waals surface area contributed by atoms with Gasteiger partial charge in [0, 0.05) is 45.2 Å². The van der Waals surface area contributed by atoms with Crippen LogP contribution in [0, 0.1) is 26.7 Å². The highest BCUT2D eigenvalue weighted by Gasteiger charge is 2.35. The number of amides is 1. The minimum atomic E-state index is -3.57. The Bertz CT molecular complexity index is 1370. The normalized spacial score (nSPS) is 18.0. The van der Waals surface area contributed by atoms with Crippen molar-refractivity contribution in [3.05, 3.63) is 53.1 Å². The maximum Gasteiger partial charge on any atom is 0.243 e. The van der Waals surface area contributed by atoms with Crippen molar-refractivity contribution in [2.75, 3.05) is 57.4 Å². The lowest BCUT2D eigenvalue weighted by Crippen LogP contribution is -2.45. The lowest BCUT2D eigenvalue weighted by Gasteiger charge is -2.33. The highest BCUT2D eigenvalue weighted by molar-refractivity contribution is 7.89. The first-order valence-corrected chi connectivity index (χ1v) is 16.0. The van der Waals surface area contributed by atoms with Crippen LogP contribution in [0.3, 0.4) is 0 Å². The van der Waals surface area contributed by atoms with Crippen LogP contribution in [0.25, 0.3) is 10.2 Å². The monoisotopic (exact) mass is 570 g/mol. The van der Waals surface area contributed by atoms with E-state index in [1.54, 1.807) is 23.5 Å². The van der Waals surface area contributed by atoms with Crippen molar-refractivity contribution < 1.29 is 17.9 Å². The van der Waals surface area contributed by atoms with Crippen LogP contribution in [0.5, 0.6) is 0 Å². The van der Waals surface area contributed by atoms with Crippen molar-refractivity contribution in [1.29, 1.82) is 0 Å². The summed E-state index contributed by atoms with van der Waals surface area (Å²) in [7, 11) is -3.57. The topological polar surface area (TPSA) is 83.1 Å². The van der Waals surface area contributed by atoms with Gasteiger partial charge in [-0.05, 0) is 63.3 Å². The van der Waals surface area contributed by atoms with Crippen LogP contribution in [0.2, 0.25) is 0 Å². The molecular weight excluding hydrogens is 532 g/mol. The summed E-state index contributed by atoms with van der Waals surface area (Å²) in [6.07, 6.45) is 1.86. The third-order valence-electron chi connectivity index (χ3n) is 7.85. The van der Waals surface area contributed by atoms with Gasteiger partial charge in [-0.25, -0.2) is 13.4 Å². The van der Waals surface area contributed by atoms with E-state index in [-0.39, 0.29) is 11.8 Å². The maximum atomic E-state index is 14.0. The number of thiazole rings is 1. The smallest absolute Gasteiger partial charge is 0.243 e. The number of nitrogens with zero attached hydrogens (tertiary/aromatic N) is 4. The fourth-order valence-corrected chi connectivity index (χ4v) is 7.98. The average molecular weight is 571 g/mol. The lowest BCUT2D eigenvalue weighted by atomic mass is 9.96. The molecule has 1 amide bonds. The second-order valence-electron chi connectivity index (χ2n) is 10.7. The SMILES string of the molecule is Cc1ccc(S(=O)(=O)N2CCC(C(=O)N(CCCN3CCOCC3)c3nc4c(C)ccc(C)c4s3)CC2)cc1.